The SMILES string of the molecule is Cc1cc(I)ccc1NCc1nnc(S[C@H](C)C(=O)N/N=C\c2ccc(Br)cc2)n1-c1ccccc1. The largest absolute Gasteiger partial charge is 0.378 e. The van der Waals surface area contributed by atoms with Gasteiger partial charge in [-0.3, -0.25) is 9.36 Å². The van der Waals surface area contributed by atoms with Crippen LogP contribution in [0.1, 0.15) is 23.9 Å². The molecule has 36 heavy (non-hydrogen) atoms. The highest BCUT2D eigenvalue weighted by Crippen LogP contribution is 2.27. The van der Waals surface area contributed by atoms with Gasteiger partial charge in [-0.15, -0.1) is 10.2 Å². The fourth-order valence-corrected chi connectivity index (χ4v) is 5.14. The van der Waals surface area contributed by atoms with E-state index in [9.17, 15) is 4.79 Å². The Morgan fingerprint density at radius 1 is 1.14 bits per heavy atom. The first-order valence-electron chi connectivity index (χ1n) is 11.2. The standard InChI is InChI=1S/C26H24BrIN6OS/c1-17-14-21(28)12-13-23(17)29-16-24-31-33-26(34(24)22-6-4-3-5-7-22)36-18(2)25(35)32-30-15-19-8-10-20(27)11-9-19/h3-15,18,29H,16H2,1-2H3,(H,32,35)/b30-15-/t18-/m1/s1. The van der Waals surface area contributed by atoms with E-state index in [4.69, 9.17) is 0 Å². The molecule has 184 valence electrons. The Labute approximate surface area is 236 Å². The zero-order chi connectivity index (χ0) is 25.5. The lowest BCUT2D eigenvalue weighted by atomic mass is 10.2. The van der Waals surface area contributed by atoms with Crippen LogP contribution in [0.2, 0.25) is 0 Å². The summed E-state index contributed by atoms with van der Waals surface area (Å²) in [6.07, 6.45) is 1.62. The number of para-hydroxylation sites is 1. The van der Waals surface area contributed by atoms with Crippen LogP contribution in [0.5, 0.6) is 0 Å². The number of carbonyl (C=O) groups excluding carboxylic acids is 1. The quantitative estimate of drug-likeness (QED) is 0.0958. The molecule has 0 saturated carbocycles. The summed E-state index contributed by atoms with van der Waals surface area (Å²) in [5.74, 6) is 0.535. The van der Waals surface area contributed by atoms with Crippen molar-refractivity contribution in [3.05, 3.63) is 97.8 Å². The highest BCUT2D eigenvalue weighted by molar-refractivity contribution is 14.1. The lowest BCUT2D eigenvalue weighted by Crippen LogP contribution is -2.27. The fourth-order valence-electron chi connectivity index (χ4n) is 3.35. The molecule has 0 radical (unpaired) electrons. The van der Waals surface area contributed by atoms with Crippen molar-refractivity contribution >= 4 is 68.1 Å². The van der Waals surface area contributed by atoms with E-state index < -0.39 is 5.25 Å². The van der Waals surface area contributed by atoms with Crippen LogP contribution in [0.25, 0.3) is 5.69 Å². The third-order valence-electron chi connectivity index (χ3n) is 5.25. The molecule has 1 atom stereocenters. The van der Waals surface area contributed by atoms with Gasteiger partial charge in [0.15, 0.2) is 11.0 Å². The van der Waals surface area contributed by atoms with Crippen LogP contribution >= 0.6 is 50.3 Å². The maximum absolute atomic E-state index is 12.7. The molecule has 0 fully saturated rings. The number of anilines is 1. The molecule has 0 unspecified atom stereocenters. The number of aromatic nitrogens is 3. The minimum absolute atomic E-state index is 0.217. The molecule has 4 rings (SSSR count). The van der Waals surface area contributed by atoms with Gasteiger partial charge < -0.3 is 5.32 Å². The molecule has 0 aliphatic heterocycles. The van der Waals surface area contributed by atoms with Gasteiger partial charge in [0.05, 0.1) is 18.0 Å². The van der Waals surface area contributed by atoms with Crippen molar-refractivity contribution in [2.24, 2.45) is 5.10 Å². The number of aryl methyl sites for hydroxylation is 1. The number of nitrogens with zero attached hydrogens (tertiary/aromatic N) is 4. The van der Waals surface area contributed by atoms with E-state index in [1.807, 2.05) is 66.1 Å². The number of amides is 1. The van der Waals surface area contributed by atoms with Crippen molar-refractivity contribution in [3.63, 3.8) is 0 Å². The Hall–Kier alpha value is -2.70. The average Bonchev–Trinajstić information content (AvgIpc) is 3.27. The molecule has 0 aliphatic rings. The van der Waals surface area contributed by atoms with Gasteiger partial charge in [0.2, 0.25) is 0 Å². The van der Waals surface area contributed by atoms with Gasteiger partial charge >= 0.3 is 0 Å². The number of halogens is 2. The van der Waals surface area contributed by atoms with Crippen LogP contribution in [0.4, 0.5) is 5.69 Å². The summed E-state index contributed by atoms with van der Waals surface area (Å²) in [5.41, 5.74) is 6.65. The van der Waals surface area contributed by atoms with E-state index in [0.29, 0.717) is 11.7 Å². The summed E-state index contributed by atoms with van der Waals surface area (Å²) in [4.78, 5) is 12.7. The molecule has 1 heterocycles. The molecule has 7 nitrogen and oxygen atoms in total. The first kappa shape index (κ1) is 26.4. The number of nitrogens with one attached hydrogen (secondary N) is 2. The van der Waals surface area contributed by atoms with Crippen LogP contribution in [0.3, 0.4) is 0 Å². The number of hydrogen-bond donors (Lipinski definition) is 2. The molecule has 4 aromatic rings. The summed E-state index contributed by atoms with van der Waals surface area (Å²) >= 11 is 7.05. The number of hydrogen-bond acceptors (Lipinski definition) is 6. The van der Waals surface area contributed by atoms with Gasteiger partial charge in [-0.05, 0) is 90.0 Å². The Balaban J connectivity index is 1.48. The fraction of sp³-hybridized carbons (Fsp3) is 0.154. The Morgan fingerprint density at radius 2 is 1.89 bits per heavy atom. The molecule has 1 amide bonds. The topological polar surface area (TPSA) is 84.2 Å². The van der Waals surface area contributed by atoms with E-state index in [0.717, 1.165) is 32.8 Å². The zero-order valence-electron chi connectivity index (χ0n) is 19.7. The van der Waals surface area contributed by atoms with Crippen molar-refractivity contribution in [2.45, 2.75) is 30.8 Å². The monoisotopic (exact) mass is 674 g/mol. The van der Waals surface area contributed by atoms with E-state index in [1.165, 1.54) is 15.3 Å². The summed E-state index contributed by atoms with van der Waals surface area (Å²) in [5, 5.41) is 16.6. The maximum atomic E-state index is 12.7. The minimum atomic E-state index is -0.432. The third kappa shape index (κ3) is 6.95. The first-order valence-corrected chi connectivity index (χ1v) is 13.9. The van der Waals surface area contributed by atoms with Crippen molar-refractivity contribution in [2.75, 3.05) is 5.32 Å². The molecule has 10 heteroatoms. The highest BCUT2D eigenvalue weighted by Gasteiger charge is 2.21. The van der Waals surface area contributed by atoms with E-state index in [2.05, 4.69) is 89.7 Å². The van der Waals surface area contributed by atoms with E-state index in [-0.39, 0.29) is 5.91 Å². The molecule has 0 bridgehead atoms. The summed E-state index contributed by atoms with van der Waals surface area (Å²) < 4.78 is 4.16. The van der Waals surface area contributed by atoms with Gasteiger partial charge in [0, 0.05) is 19.4 Å². The first-order chi connectivity index (χ1) is 17.4. The predicted molar refractivity (Wildman–Crippen MR) is 158 cm³/mol. The maximum Gasteiger partial charge on any atom is 0.253 e. The van der Waals surface area contributed by atoms with Gasteiger partial charge in [0.25, 0.3) is 5.91 Å². The lowest BCUT2D eigenvalue weighted by molar-refractivity contribution is -0.120. The second kappa shape index (κ2) is 12.5. The normalized spacial score (nSPS) is 12.0. The highest BCUT2D eigenvalue weighted by atomic mass is 127. The Morgan fingerprint density at radius 3 is 2.61 bits per heavy atom. The molecular weight excluding hydrogens is 651 g/mol. The molecule has 3 aromatic carbocycles. The van der Waals surface area contributed by atoms with Gasteiger partial charge in [-0.25, -0.2) is 5.43 Å². The van der Waals surface area contributed by atoms with E-state index in [1.54, 1.807) is 6.21 Å². The molecule has 0 aliphatic carbocycles. The molecule has 2 N–H and O–H groups in total. The van der Waals surface area contributed by atoms with Crippen molar-refractivity contribution in [1.29, 1.82) is 0 Å². The molecule has 1 aromatic heterocycles. The summed E-state index contributed by atoms with van der Waals surface area (Å²) in [6.45, 7) is 4.39. The average molecular weight is 675 g/mol. The number of benzene rings is 3. The van der Waals surface area contributed by atoms with Crippen LogP contribution in [0, 0.1) is 10.5 Å². The van der Waals surface area contributed by atoms with Gasteiger partial charge in [-0.1, -0.05) is 58.0 Å². The van der Waals surface area contributed by atoms with E-state index >= 15 is 0 Å². The second-order valence-electron chi connectivity index (χ2n) is 7.93. The van der Waals surface area contributed by atoms with Crippen LogP contribution in [0.15, 0.2) is 87.5 Å². The molecule has 0 spiro atoms. The zero-order valence-corrected chi connectivity index (χ0v) is 24.2. The lowest BCUT2D eigenvalue weighted by Gasteiger charge is -2.14. The molecule has 0 saturated heterocycles. The number of carbonyl (C=O) groups is 1. The van der Waals surface area contributed by atoms with Crippen LogP contribution < -0.4 is 10.7 Å². The Bertz CT molecular complexity index is 1360. The summed E-state index contributed by atoms with van der Waals surface area (Å²) in [6, 6.07) is 23.8. The smallest absolute Gasteiger partial charge is 0.253 e. The second-order valence-corrected chi connectivity index (χ2v) is 11.4. The minimum Gasteiger partial charge on any atom is -0.378 e. The predicted octanol–water partition coefficient (Wildman–Crippen LogP) is 6.19. The van der Waals surface area contributed by atoms with Crippen molar-refractivity contribution < 1.29 is 4.79 Å². The van der Waals surface area contributed by atoms with Gasteiger partial charge in [-0.2, -0.15) is 5.10 Å². The Kier molecular flexibility index (Phi) is 9.16. The number of hydrazone groups is 1. The van der Waals surface area contributed by atoms with Crippen molar-refractivity contribution in [3.8, 4) is 5.69 Å². The third-order valence-corrected chi connectivity index (χ3v) is 7.49. The molecular formula is C26H24BrIN6OS. The number of rotatable bonds is 9. The van der Waals surface area contributed by atoms with Crippen molar-refractivity contribution in [1.82, 2.24) is 20.2 Å². The van der Waals surface area contributed by atoms with Crippen LogP contribution in [-0.4, -0.2) is 32.1 Å². The van der Waals surface area contributed by atoms with Crippen LogP contribution in [-0.2, 0) is 11.3 Å². The summed E-state index contributed by atoms with van der Waals surface area (Å²) in [7, 11) is 0. The number of thioether (sulfide) groups is 1. The van der Waals surface area contributed by atoms with Gasteiger partial charge in [0.1, 0.15) is 0 Å².